The zero-order chi connectivity index (χ0) is 20.1. The van der Waals surface area contributed by atoms with E-state index in [1.807, 2.05) is 37.3 Å². The van der Waals surface area contributed by atoms with Gasteiger partial charge in [-0.3, -0.25) is 9.59 Å². The number of carbonyl (C=O) groups is 2. The zero-order valence-corrected chi connectivity index (χ0v) is 16.3. The first kappa shape index (κ1) is 19.5. The molecule has 0 aliphatic carbocycles. The summed E-state index contributed by atoms with van der Waals surface area (Å²) in [5.41, 5.74) is 2.58. The average molecular weight is 380 g/mol. The molecule has 2 aromatic rings. The largest absolute Gasteiger partial charge is 0.493 e. The third-order valence-electron chi connectivity index (χ3n) is 4.60. The van der Waals surface area contributed by atoms with Gasteiger partial charge in [0.1, 0.15) is 0 Å². The molecule has 28 heavy (non-hydrogen) atoms. The van der Waals surface area contributed by atoms with Crippen LogP contribution in [0.4, 0.5) is 5.69 Å². The first-order chi connectivity index (χ1) is 13.5. The molecule has 6 nitrogen and oxygen atoms in total. The highest BCUT2D eigenvalue weighted by Gasteiger charge is 2.28. The van der Waals surface area contributed by atoms with Crippen molar-refractivity contribution in [2.45, 2.75) is 26.3 Å². The number of nitrogens with one attached hydrogen (secondary N) is 1. The van der Waals surface area contributed by atoms with Crippen molar-refractivity contribution in [1.82, 2.24) is 4.90 Å². The Bertz CT molecular complexity index is 907. The summed E-state index contributed by atoms with van der Waals surface area (Å²) in [6.45, 7) is 3.92. The van der Waals surface area contributed by atoms with Gasteiger partial charge in [-0.25, -0.2) is 0 Å². The fourth-order valence-electron chi connectivity index (χ4n) is 3.32. The third-order valence-corrected chi connectivity index (χ3v) is 4.60. The van der Waals surface area contributed by atoms with E-state index in [1.165, 1.54) is 6.92 Å². The van der Waals surface area contributed by atoms with Crippen LogP contribution in [0, 0.1) is 0 Å². The Kier molecular flexibility index (Phi) is 5.99. The van der Waals surface area contributed by atoms with E-state index in [0.29, 0.717) is 23.8 Å². The van der Waals surface area contributed by atoms with Gasteiger partial charge in [-0.15, -0.1) is 0 Å². The summed E-state index contributed by atoms with van der Waals surface area (Å²) in [4.78, 5) is 26.4. The molecule has 1 atom stereocenters. The molecule has 0 aromatic heterocycles. The van der Waals surface area contributed by atoms with E-state index in [4.69, 9.17) is 9.47 Å². The molecule has 2 amide bonds. The van der Waals surface area contributed by atoms with Gasteiger partial charge < -0.3 is 19.7 Å². The number of fused-ring (bicyclic) bond motifs is 1. The van der Waals surface area contributed by atoms with Gasteiger partial charge in [-0.2, -0.15) is 0 Å². The Balaban J connectivity index is 1.78. The van der Waals surface area contributed by atoms with Crippen molar-refractivity contribution in [2.75, 3.05) is 19.0 Å². The smallest absolute Gasteiger partial charge is 0.226 e. The first-order valence-electron chi connectivity index (χ1n) is 9.20. The third kappa shape index (κ3) is 4.17. The molecule has 146 valence electrons. The van der Waals surface area contributed by atoms with Crippen LogP contribution >= 0.6 is 0 Å². The molecule has 0 fully saturated rings. The number of ether oxygens (including phenoxy) is 2. The van der Waals surface area contributed by atoms with Gasteiger partial charge in [0.2, 0.25) is 11.8 Å². The van der Waals surface area contributed by atoms with Crippen LogP contribution in [0.5, 0.6) is 11.5 Å². The highest BCUT2D eigenvalue weighted by atomic mass is 16.5. The summed E-state index contributed by atoms with van der Waals surface area (Å²) in [6.07, 6.45) is 3.78. The molecule has 0 saturated heterocycles. The van der Waals surface area contributed by atoms with Crippen molar-refractivity contribution in [3.8, 4) is 11.5 Å². The summed E-state index contributed by atoms with van der Waals surface area (Å²) < 4.78 is 10.8. The van der Waals surface area contributed by atoms with E-state index in [2.05, 4.69) is 5.32 Å². The molecular formula is C22H24N2O4. The summed E-state index contributed by atoms with van der Waals surface area (Å²) in [6, 6.07) is 12.7. The molecule has 1 N–H and O–H groups in total. The molecule has 0 bridgehead atoms. The van der Waals surface area contributed by atoms with Crippen LogP contribution in [0.1, 0.15) is 37.4 Å². The highest BCUT2D eigenvalue weighted by Crippen LogP contribution is 2.34. The summed E-state index contributed by atoms with van der Waals surface area (Å²) in [5, 5.41) is 2.89. The molecule has 0 spiro atoms. The van der Waals surface area contributed by atoms with Crippen molar-refractivity contribution in [1.29, 1.82) is 0 Å². The van der Waals surface area contributed by atoms with Crippen molar-refractivity contribution in [3.05, 3.63) is 59.8 Å². The number of hydrogen-bond donors (Lipinski definition) is 1. The molecule has 2 aromatic carbocycles. The van der Waals surface area contributed by atoms with Crippen LogP contribution in [-0.4, -0.2) is 30.4 Å². The van der Waals surface area contributed by atoms with Gasteiger partial charge in [0, 0.05) is 24.9 Å². The predicted molar refractivity (Wildman–Crippen MR) is 108 cm³/mol. The van der Waals surface area contributed by atoms with Gasteiger partial charge in [0.05, 0.1) is 26.2 Å². The average Bonchev–Trinajstić information content (AvgIpc) is 2.69. The van der Waals surface area contributed by atoms with E-state index in [0.717, 1.165) is 11.1 Å². The van der Waals surface area contributed by atoms with Crippen LogP contribution in [0.3, 0.4) is 0 Å². The van der Waals surface area contributed by atoms with Crippen LogP contribution < -0.4 is 14.8 Å². The number of methoxy groups -OCH3 is 1. The Hall–Kier alpha value is -3.28. The van der Waals surface area contributed by atoms with Crippen LogP contribution in [0.25, 0.3) is 6.08 Å². The number of carbonyl (C=O) groups excluding carboxylic acids is 2. The SMILES string of the molecule is CCOc1ccc(NC(=O)C[C@H]2c3ccccc3C=CN2C(C)=O)cc1OC. The Morgan fingerprint density at radius 2 is 1.93 bits per heavy atom. The molecule has 1 aliphatic heterocycles. The fraction of sp³-hybridized carbons (Fsp3) is 0.273. The maximum Gasteiger partial charge on any atom is 0.226 e. The molecular weight excluding hydrogens is 356 g/mol. The van der Waals surface area contributed by atoms with Crippen LogP contribution in [0.15, 0.2) is 48.7 Å². The molecule has 0 saturated carbocycles. The summed E-state index contributed by atoms with van der Waals surface area (Å²) in [5.74, 6) is 0.881. The molecule has 1 heterocycles. The van der Waals surface area contributed by atoms with Crippen LogP contribution in [-0.2, 0) is 9.59 Å². The molecule has 6 heteroatoms. The topological polar surface area (TPSA) is 67.9 Å². The van der Waals surface area contributed by atoms with E-state index >= 15 is 0 Å². The van der Waals surface area contributed by atoms with Gasteiger partial charge in [0.15, 0.2) is 11.5 Å². The molecule has 0 unspecified atom stereocenters. The molecule has 3 rings (SSSR count). The zero-order valence-electron chi connectivity index (χ0n) is 16.3. The van der Waals surface area contributed by atoms with E-state index < -0.39 is 0 Å². The van der Waals surface area contributed by atoms with Crippen molar-refractivity contribution >= 4 is 23.6 Å². The minimum absolute atomic E-state index is 0.105. The molecule has 1 aliphatic rings. The number of benzene rings is 2. The van der Waals surface area contributed by atoms with Crippen molar-refractivity contribution < 1.29 is 19.1 Å². The Morgan fingerprint density at radius 3 is 2.64 bits per heavy atom. The summed E-state index contributed by atoms with van der Waals surface area (Å²) in [7, 11) is 1.56. The molecule has 0 radical (unpaired) electrons. The van der Waals surface area contributed by atoms with Gasteiger partial charge in [-0.05, 0) is 36.3 Å². The van der Waals surface area contributed by atoms with Gasteiger partial charge in [0.25, 0.3) is 0 Å². The number of rotatable bonds is 6. The fourth-order valence-corrected chi connectivity index (χ4v) is 3.32. The van der Waals surface area contributed by atoms with Gasteiger partial charge >= 0.3 is 0 Å². The number of nitrogens with zero attached hydrogens (tertiary/aromatic N) is 1. The van der Waals surface area contributed by atoms with E-state index in [-0.39, 0.29) is 24.3 Å². The minimum atomic E-state index is -0.344. The predicted octanol–water partition coefficient (Wildman–Crippen LogP) is 4.00. The Morgan fingerprint density at radius 1 is 1.14 bits per heavy atom. The normalized spacial score (nSPS) is 15.0. The highest BCUT2D eigenvalue weighted by molar-refractivity contribution is 5.92. The van der Waals surface area contributed by atoms with Crippen LogP contribution in [0.2, 0.25) is 0 Å². The second-order valence-electron chi connectivity index (χ2n) is 6.44. The number of hydrogen-bond acceptors (Lipinski definition) is 4. The lowest BCUT2D eigenvalue weighted by Crippen LogP contribution is -2.33. The standard InChI is InChI=1S/C22H24N2O4/c1-4-28-20-10-9-17(13-21(20)27-3)23-22(26)14-19-18-8-6-5-7-16(18)11-12-24(19)15(2)25/h5-13,19H,4,14H2,1-3H3,(H,23,26)/t19-/m0/s1. The quantitative estimate of drug-likeness (QED) is 0.823. The Labute approximate surface area is 164 Å². The second kappa shape index (κ2) is 8.61. The minimum Gasteiger partial charge on any atom is -0.493 e. The first-order valence-corrected chi connectivity index (χ1v) is 9.20. The number of anilines is 1. The maximum atomic E-state index is 12.7. The summed E-state index contributed by atoms with van der Waals surface area (Å²) >= 11 is 0. The monoisotopic (exact) mass is 380 g/mol. The second-order valence-corrected chi connectivity index (χ2v) is 6.44. The lowest BCUT2D eigenvalue weighted by atomic mass is 9.93. The lowest BCUT2D eigenvalue weighted by Gasteiger charge is -2.32. The van der Waals surface area contributed by atoms with E-state index in [9.17, 15) is 9.59 Å². The van der Waals surface area contributed by atoms with E-state index in [1.54, 1.807) is 36.4 Å². The van der Waals surface area contributed by atoms with Crippen molar-refractivity contribution in [3.63, 3.8) is 0 Å². The maximum absolute atomic E-state index is 12.7. The van der Waals surface area contributed by atoms with Crippen molar-refractivity contribution in [2.24, 2.45) is 0 Å². The lowest BCUT2D eigenvalue weighted by molar-refractivity contribution is -0.129. The number of amides is 2. The van der Waals surface area contributed by atoms with Gasteiger partial charge in [-0.1, -0.05) is 24.3 Å².